The molecule has 0 fully saturated rings. The molecule has 0 spiro atoms. The van der Waals surface area contributed by atoms with E-state index in [9.17, 15) is 0 Å². The van der Waals surface area contributed by atoms with E-state index in [0.717, 1.165) is 32.8 Å². The standard InChI is InChI=1S/C14H13BrO2/c1-8(2)7-11-9-3-5-17-14(9)12(15)10-4-6-16-13(10)11/h3-6,8H,7H2,1-2H3. The van der Waals surface area contributed by atoms with Gasteiger partial charge in [-0.15, -0.1) is 0 Å². The van der Waals surface area contributed by atoms with E-state index in [-0.39, 0.29) is 0 Å². The molecule has 1 aromatic carbocycles. The van der Waals surface area contributed by atoms with Crippen molar-refractivity contribution in [3.05, 3.63) is 34.7 Å². The maximum atomic E-state index is 5.64. The molecule has 0 N–H and O–H groups in total. The minimum absolute atomic E-state index is 0.586. The average Bonchev–Trinajstić information content (AvgIpc) is 2.92. The summed E-state index contributed by atoms with van der Waals surface area (Å²) in [4.78, 5) is 0. The lowest BCUT2D eigenvalue weighted by molar-refractivity contribution is 0.595. The van der Waals surface area contributed by atoms with E-state index >= 15 is 0 Å². The predicted octanol–water partition coefficient (Wildman–Crippen LogP) is 5.14. The molecule has 3 rings (SSSR count). The van der Waals surface area contributed by atoms with Crippen molar-refractivity contribution in [2.24, 2.45) is 5.92 Å². The molecule has 17 heavy (non-hydrogen) atoms. The Hall–Kier alpha value is -1.22. The Bertz CT molecular complexity index is 624. The molecule has 0 atom stereocenters. The highest BCUT2D eigenvalue weighted by molar-refractivity contribution is 9.10. The van der Waals surface area contributed by atoms with Crippen molar-refractivity contribution in [3.8, 4) is 0 Å². The van der Waals surface area contributed by atoms with Gasteiger partial charge in [-0.2, -0.15) is 0 Å². The lowest BCUT2D eigenvalue weighted by Gasteiger charge is -2.08. The van der Waals surface area contributed by atoms with Crippen molar-refractivity contribution >= 4 is 37.9 Å². The highest BCUT2D eigenvalue weighted by atomic mass is 79.9. The largest absolute Gasteiger partial charge is 0.464 e. The number of fused-ring (bicyclic) bond motifs is 2. The zero-order valence-electron chi connectivity index (χ0n) is 9.79. The van der Waals surface area contributed by atoms with E-state index in [2.05, 4.69) is 29.8 Å². The summed E-state index contributed by atoms with van der Waals surface area (Å²) in [5.41, 5.74) is 3.13. The zero-order valence-corrected chi connectivity index (χ0v) is 11.4. The summed E-state index contributed by atoms with van der Waals surface area (Å²) in [6.07, 6.45) is 4.46. The third kappa shape index (κ3) is 1.61. The van der Waals surface area contributed by atoms with Gasteiger partial charge in [0.1, 0.15) is 11.2 Å². The molecule has 3 heteroatoms. The summed E-state index contributed by atoms with van der Waals surface area (Å²) in [7, 11) is 0. The van der Waals surface area contributed by atoms with E-state index in [4.69, 9.17) is 8.83 Å². The topological polar surface area (TPSA) is 26.3 Å². The number of benzene rings is 1. The molecule has 0 saturated carbocycles. The normalized spacial score (nSPS) is 12.0. The van der Waals surface area contributed by atoms with Crippen LogP contribution >= 0.6 is 15.9 Å². The first-order chi connectivity index (χ1) is 8.18. The highest BCUT2D eigenvalue weighted by Crippen LogP contribution is 2.38. The first-order valence-corrected chi connectivity index (χ1v) is 6.52. The Kier molecular flexibility index (Phi) is 2.51. The average molecular weight is 293 g/mol. The fourth-order valence-electron chi connectivity index (χ4n) is 2.29. The number of furan rings is 2. The smallest absolute Gasteiger partial charge is 0.149 e. The Balaban J connectivity index is 2.43. The maximum absolute atomic E-state index is 5.64. The molecular weight excluding hydrogens is 280 g/mol. The van der Waals surface area contributed by atoms with Gasteiger partial charge in [0.05, 0.1) is 17.0 Å². The molecule has 0 amide bonds. The van der Waals surface area contributed by atoms with Gasteiger partial charge in [0.2, 0.25) is 0 Å². The first-order valence-electron chi connectivity index (χ1n) is 5.73. The third-order valence-electron chi connectivity index (χ3n) is 2.98. The quantitative estimate of drug-likeness (QED) is 0.654. The Morgan fingerprint density at radius 2 is 1.71 bits per heavy atom. The van der Waals surface area contributed by atoms with Crippen LogP contribution in [0, 0.1) is 5.92 Å². The molecule has 3 aromatic rings. The van der Waals surface area contributed by atoms with E-state index in [1.54, 1.807) is 12.5 Å². The molecule has 0 unspecified atom stereocenters. The molecule has 0 aliphatic carbocycles. The fraction of sp³-hybridized carbons (Fsp3) is 0.286. The van der Waals surface area contributed by atoms with Crippen LogP contribution in [-0.4, -0.2) is 0 Å². The van der Waals surface area contributed by atoms with Crippen LogP contribution in [0.25, 0.3) is 21.9 Å². The summed E-state index contributed by atoms with van der Waals surface area (Å²) in [6.45, 7) is 4.42. The molecule has 88 valence electrons. The van der Waals surface area contributed by atoms with Gasteiger partial charge in [-0.1, -0.05) is 13.8 Å². The van der Waals surface area contributed by atoms with Crippen molar-refractivity contribution in [2.45, 2.75) is 20.3 Å². The van der Waals surface area contributed by atoms with Crippen LogP contribution in [0.15, 0.2) is 38.0 Å². The number of hydrogen-bond acceptors (Lipinski definition) is 2. The van der Waals surface area contributed by atoms with Gasteiger partial charge in [-0.3, -0.25) is 0 Å². The van der Waals surface area contributed by atoms with Gasteiger partial charge in [0, 0.05) is 16.3 Å². The maximum Gasteiger partial charge on any atom is 0.149 e. The second kappa shape index (κ2) is 3.91. The SMILES string of the molecule is CC(C)Cc1c2ccoc2c(Br)c2ccoc12. The molecule has 2 nitrogen and oxygen atoms in total. The van der Waals surface area contributed by atoms with Gasteiger partial charge in [0.25, 0.3) is 0 Å². The third-order valence-corrected chi connectivity index (χ3v) is 3.77. The van der Waals surface area contributed by atoms with Gasteiger partial charge in [0.15, 0.2) is 0 Å². The molecule has 0 aliphatic heterocycles. The lowest BCUT2D eigenvalue weighted by Crippen LogP contribution is -1.95. The van der Waals surface area contributed by atoms with Crippen molar-refractivity contribution in [2.75, 3.05) is 0 Å². The Labute approximate surface area is 108 Å². The molecule has 0 aliphatic rings. The van der Waals surface area contributed by atoms with Crippen LogP contribution in [0.1, 0.15) is 19.4 Å². The van der Waals surface area contributed by atoms with Crippen LogP contribution in [0.2, 0.25) is 0 Å². The summed E-state index contributed by atoms with van der Waals surface area (Å²) in [5.74, 6) is 0.586. The van der Waals surface area contributed by atoms with Crippen LogP contribution in [0.4, 0.5) is 0 Å². The van der Waals surface area contributed by atoms with Crippen molar-refractivity contribution in [1.29, 1.82) is 0 Å². The molecule has 0 saturated heterocycles. The van der Waals surface area contributed by atoms with Crippen LogP contribution in [0.5, 0.6) is 0 Å². The number of rotatable bonds is 2. The van der Waals surface area contributed by atoms with E-state index in [1.807, 2.05) is 12.1 Å². The van der Waals surface area contributed by atoms with E-state index in [0.29, 0.717) is 5.92 Å². The molecule has 0 bridgehead atoms. The van der Waals surface area contributed by atoms with Crippen molar-refractivity contribution in [3.63, 3.8) is 0 Å². The number of halogens is 1. The van der Waals surface area contributed by atoms with Crippen molar-refractivity contribution in [1.82, 2.24) is 0 Å². The second-order valence-electron chi connectivity index (χ2n) is 4.72. The second-order valence-corrected chi connectivity index (χ2v) is 5.51. The summed E-state index contributed by atoms with van der Waals surface area (Å²) in [5, 5.41) is 2.23. The lowest BCUT2D eigenvalue weighted by atomic mass is 9.98. The molecular formula is C14H13BrO2. The van der Waals surface area contributed by atoms with E-state index in [1.165, 1.54) is 5.56 Å². The summed E-state index contributed by atoms with van der Waals surface area (Å²) < 4.78 is 12.2. The molecule has 2 heterocycles. The monoisotopic (exact) mass is 292 g/mol. The van der Waals surface area contributed by atoms with Crippen LogP contribution < -0.4 is 0 Å². The minimum atomic E-state index is 0.586. The van der Waals surface area contributed by atoms with Gasteiger partial charge in [-0.05, 0) is 40.4 Å². The zero-order chi connectivity index (χ0) is 12.0. The Morgan fingerprint density at radius 3 is 2.41 bits per heavy atom. The first kappa shape index (κ1) is 10.9. The molecule has 2 aromatic heterocycles. The summed E-state index contributed by atoms with van der Waals surface area (Å²) >= 11 is 3.59. The van der Waals surface area contributed by atoms with Crippen LogP contribution in [-0.2, 0) is 6.42 Å². The predicted molar refractivity (Wildman–Crippen MR) is 72.2 cm³/mol. The summed E-state index contributed by atoms with van der Waals surface area (Å²) in [6, 6.07) is 3.99. The molecule has 0 radical (unpaired) electrons. The fourth-order valence-corrected chi connectivity index (χ4v) is 2.91. The van der Waals surface area contributed by atoms with E-state index < -0.39 is 0 Å². The van der Waals surface area contributed by atoms with Gasteiger partial charge in [-0.25, -0.2) is 0 Å². The highest BCUT2D eigenvalue weighted by Gasteiger charge is 2.17. The van der Waals surface area contributed by atoms with Gasteiger partial charge < -0.3 is 8.83 Å². The Morgan fingerprint density at radius 1 is 1.06 bits per heavy atom. The van der Waals surface area contributed by atoms with Crippen LogP contribution in [0.3, 0.4) is 0 Å². The van der Waals surface area contributed by atoms with Gasteiger partial charge >= 0.3 is 0 Å². The minimum Gasteiger partial charge on any atom is -0.464 e. The van der Waals surface area contributed by atoms with Crippen molar-refractivity contribution < 1.29 is 8.83 Å². The number of hydrogen-bond donors (Lipinski definition) is 0.